The summed E-state index contributed by atoms with van der Waals surface area (Å²) in [6, 6.07) is 18.0. The second-order valence-corrected chi connectivity index (χ2v) is 8.52. The van der Waals surface area contributed by atoms with Gasteiger partial charge in [-0.3, -0.25) is 19.9 Å². The molecular formula is C25H25N3O3. The first-order chi connectivity index (χ1) is 15.0. The molecule has 3 unspecified atom stereocenters. The maximum atomic E-state index is 12.3. The molecule has 2 saturated heterocycles. The first kappa shape index (κ1) is 19.8. The zero-order chi connectivity index (χ0) is 21.4. The lowest BCUT2D eigenvalue weighted by atomic mass is 9.73. The Morgan fingerprint density at radius 2 is 1.87 bits per heavy atom. The van der Waals surface area contributed by atoms with Crippen LogP contribution in [0.4, 0.5) is 0 Å². The number of aliphatic hydroxyl groups is 1. The SMILES string of the molecule is O=C1CCC(c2cnc3ccc(C4(O)CCNCC4c4ccccc4)cc3c2)C(=O)N1. The van der Waals surface area contributed by atoms with E-state index in [1.165, 1.54) is 0 Å². The third-order valence-corrected chi connectivity index (χ3v) is 6.65. The number of carbonyl (C=O) groups is 2. The van der Waals surface area contributed by atoms with Crippen LogP contribution >= 0.6 is 0 Å². The first-order valence-electron chi connectivity index (χ1n) is 10.8. The van der Waals surface area contributed by atoms with Gasteiger partial charge in [0.15, 0.2) is 0 Å². The summed E-state index contributed by atoms with van der Waals surface area (Å²) in [6.07, 6.45) is 3.15. The fourth-order valence-electron chi connectivity index (χ4n) is 4.91. The van der Waals surface area contributed by atoms with E-state index in [0.717, 1.165) is 34.1 Å². The fraction of sp³-hybridized carbons (Fsp3) is 0.320. The molecule has 3 heterocycles. The van der Waals surface area contributed by atoms with E-state index in [0.29, 0.717) is 25.8 Å². The number of aromatic nitrogens is 1. The van der Waals surface area contributed by atoms with Crippen molar-refractivity contribution >= 4 is 22.7 Å². The van der Waals surface area contributed by atoms with E-state index in [4.69, 9.17) is 0 Å². The molecule has 0 saturated carbocycles. The summed E-state index contributed by atoms with van der Waals surface area (Å²) in [5.74, 6) is -0.935. The Hall–Kier alpha value is -3.09. The van der Waals surface area contributed by atoms with Gasteiger partial charge in [0.1, 0.15) is 0 Å². The quantitative estimate of drug-likeness (QED) is 0.572. The number of fused-ring (bicyclic) bond motifs is 1. The Morgan fingerprint density at radius 3 is 2.68 bits per heavy atom. The van der Waals surface area contributed by atoms with Crippen molar-refractivity contribution in [3.8, 4) is 0 Å². The van der Waals surface area contributed by atoms with Gasteiger partial charge in [-0.2, -0.15) is 0 Å². The number of amides is 2. The number of rotatable bonds is 3. The Labute approximate surface area is 180 Å². The molecule has 6 heteroatoms. The van der Waals surface area contributed by atoms with E-state index in [1.807, 2.05) is 42.5 Å². The molecule has 2 amide bonds. The van der Waals surface area contributed by atoms with Gasteiger partial charge in [0.2, 0.25) is 11.8 Å². The number of nitrogens with one attached hydrogen (secondary N) is 2. The standard InChI is InChI=1S/C25H25N3O3/c29-23-9-7-20(24(30)28-23)18-12-17-13-19(6-8-22(17)27-14-18)25(31)10-11-26-15-21(25)16-4-2-1-3-5-16/h1-6,8,12-14,20-21,26,31H,7,9-11,15H2,(H,28,29,30). The van der Waals surface area contributed by atoms with Crippen LogP contribution in [0.2, 0.25) is 0 Å². The molecule has 3 N–H and O–H groups in total. The summed E-state index contributed by atoms with van der Waals surface area (Å²) >= 11 is 0. The zero-order valence-electron chi connectivity index (χ0n) is 17.2. The highest BCUT2D eigenvalue weighted by Gasteiger charge is 2.41. The number of hydrogen-bond acceptors (Lipinski definition) is 5. The molecule has 158 valence electrons. The summed E-state index contributed by atoms with van der Waals surface area (Å²) in [6.45, 7) is 1.44. The largest absolute Gasteiger partial charge is 0.384 e. The normalized spacial score (nSPS) is 26.6. The van der Waals surface area contributed by atoms with Crippen LogP contribution in [-0.4, -0.2) is 35.0 Å². The number of piperidine rings is 2. The topological polar surface area (TPSA) is 91.3 Å². The zero-order valence-corrected chi connectivity index (χ0v) is 17.2. The minimum absolute atomic E-state index is 0.0637. The summed E-state index contributed by atoms with van der Waals surface area (Å²) in [7, 11) is 0. The lowest BCUT2D eigenvalue weighted by Crippen LogP contribution is -2.46. The molecule has 0 radical (unpaired) electrons. The molecule has 2 fully saturated rings. The molecule has 3 aromatic rings. The Balaban J connectivity index is 1.53. The first-order valence-corrected chi connectivity index (χ1v) is 10.8. The number of imide groups is 1. The van der Waals surface area contributed by atoms with Crippen LogP contribution in [0, 0.1) is 0 Å². The van der Waals surface area contributed by atoms with Crippen LogP contribution in [0.25, 0.3) is 10.9 Å². The van der Waals surface area contributed by atoms with Crippen molar-refractivity contribution in [1.29, 1.82) is 0 Å². The smallest absolute Gasteiger partial charge is 0.234 e. The van der Waals surface area contributed by atoms with Crippen molar-refractivity contribution in [2.75, 3.05) is 13.1 Å². The van der Waals surface area contributed by atoms with Gasteiger partial charge in [0.05, 0.1) is 17.0 Å². The minimum Gasteiger partial charge on any atom is -0.384 e. The Bertz CT molecular complexity index is 1150. The van der Waals surface area contributed by atoms with Crippen molar-refractivity contribution in [2.24, 2.45) is 0 Å². The highest BCUT2D eigenvalue weighted by molar-refractivity contribution is 6.01. The Kier molecular flexibility index (Phi) is 5.04. The average molecular weight is 415 g/mol. The second kappa shape index (κ2) is 7.87. The summed E-state index contributed by atoms with van der Waals surface area (Å²) in [4.78, 5) is 28.3. The predicted octanol–water partition coefficient (Wildman–Crippen LogP) is 2.72. The maximum Gasteiger partial charge on any atom is 0.234 e. The summed E-state index contributed by atoms with van der Waals surface area (Å²) in [5, 5.41) is 18.6. The summed E-state index contributed by atoms with van der Waals surface area (Å²) in [5.41, 5.74) is 2.58. The van der Waals surface area contributed by atoms with Gasteiger partial charge in [-0.05, 0) is 54.3 Å². The van der Waals surface area contributed by atoms with E-state index in [2.05, 4.69) is 27.8 Å². The monoisotopic (exact) mass is 415 g/mol. The molecule has 2 aliphatic heterocycles. The van der Waals surface area contributed by atoms with Gasteiger partial charge in [0, 0.05) is 30.5 Å². The van der Waals surface area contributed by atoms with Crippen LogP contribution < -0.4 is 10.6 Å². The van der Waals surface area contributed by atoms with E-state index >= 15 is 0 Å². The molecule has 3 atom stereocenters. The Morgan fingerprint density at radius 1 is 1.03 bits per heavy atom. The fourth-order valence-corrected chi connectivity index (χ4v) is 4.91. The highest BCUT2D eigenvalue weighted by atomic mass is 16.3. The third kappa shape index (κ3) is 3.62. The molecule has 6 nitrogen and oxygen atoms in total. The molecule has 0 bridgehead atoms. The van der Waals surface area contributed by atoms with Gasteiger partial charge in [-0.1, -0.05) is 36.4 Å². The molecule has 0 aliphatic carbocycles. The molecule has 1 aromatic heterocycles. The van der Waals surface area contributed by atoms with Gasteiger partial charge in [-0.15, -0.1) is 0 Å². The number of nitrogens with zero attached hydrogens (tertiary/aromatic N) is 1. The molecule has 2 aromatic carbocycles. The lowest BCUT2D eigenvalue weighted by Gasteiger charge is -2.41. The van der Waals surface area contributed by atoms with Crippen molar-refractivity contribution in [1.82, 2.24) is 15.6 Å². The van der Waals surface area contributed by atoms with Crippen molar-refractivity contribution in [2.45, 2.75) is 36.7 Å². The predicted molar refractivity (Wildman–Crippen MR) is 117 cm³/mol. The number of carbonyl (C=O) groups excluding carboxylic acids is 2. The van der Waals surface area contributed by atoms with E-state index < -0.39 is 5.60 Å². The number of benzene rings is 2. The molecule has 0 spiro atoms. The maximum absolute atomic E-state index is 12.3. The van der Waals surface area contributed by atoms with Crippen molar-refractivity contribution < 1.29 is 14.7 Å². The van der Waals surface area contributed by atoms with E-state index in [1.54, 1.807) is 6.20 Å². The molecule has 31 heavy (non-hydrogen) atoms. The van der Waals surface area contributed by atoms with Gasteiger partial charge in [0.25, 0.3) is 0 Å². The van der Waals surface area contributed by atoms with Gasteiger partial charge >= 0.3 is 0 Å². The van der Waals surface area contributed by atoms with Crippen molar-refractivity contribution in [3.63, 3.8) is 0 Å². The van der Waals surface area contributed by atoms with Crippen LogP contribution in [-0.2, 0) is 15.2 Å². The van der Waals surface area contributed by atoms with E-state index in [9.17, 15) is 14.7 Å². The van der Waals surface area contributed by atoms with Gasteiger partial charge < -0.3 is 10.4 Å². The van der Waals surface area contributed by atoms with Crippen molar-refractivity contribution in [3.05, 3.63) is 77.5 Å². The number of pyridine rings is 1. The van der Waals surface area contributed by atoms with Crippen LogP contribution in [0.5, 0.6) is 0 Å². The van der Waals surface area contributed by atoms with Gasteiger partial charge in [-0.25, -0.2) is 0 Å². The van der Waals surface area contributed by atoms with Crippen LogP contribution in [0.3, 0.4) is 0 Å². The van der Waals surface area contributed by atoms with Crippen LogP contribution in [0.1, 0.15) is 47.8 Å². The summed E-state index contributed by atoms with van der Waals surface area (Å²) < 4.78 is 0. The molecule has 2 aliphatic rings. The molecular weight excluding hydrogens is 390 g/mol. The lowest BCUT2D eigenvalue weighted by molar-refractivity contribution is -0.134. The second-order valence-electron chi connectivity index (χ2n) is 8.52. The third-order valence-electron chi connectivity index (χ3n) is 6.65. The average Bonchev–Trinajstić information content (AvgIpc) is 2.79. The number of hydrogen-bond donors (Lipinski definition) is 3. The van der Waals surface area contributed by atoms with Crippen LogP contribution in [0.15, 0.2) is 60.8 Å². The van der Waals surface area contributed by atoms with E-state index in [-0.39, 0.29) is 23.7 Å². The highest BCUT2D eigenvalue weighted by Crippen LogP contribution is 2.42. The molecule has 5 rings (SSSR count). The minimum atomic E-state index is -0.995.